The number of hydrogen-bond donors (Lipinski definition) is 1. The number of carbonyl (C=O) groups is 1. The van der Waals surface area contributed by atoms with Crippen LogP contribution in [0.15, 0.2) is 67.0 Å². The van der Waals surface area contributed by atoms with E-state index in [4.69, 9.17) is 0 Å². The summed E-state index contributed by atoms with van der Waals surface area (Å²) in [7, 11) is 0. The number of rotatable bonds is 5. The Balaban J connectivity index is 1.62. The van der Waals surface area contributed by atoms with Gasteiger partial charge in [0.25, 0.3) is 0 Å². The number of hydrogen-bond acceptors (Lipinski definition) is 2. The molecule has 0 bridgehead atoms. The van der Waals surface area contributed by atoms with Gasteiger partial charge in [-0.2, -0.15) is 18.3 Å². The number of nitrogens with one attached hydrogen (secondary N) is 1. The normalized spacial score (nSPS) is 11.3. The quantitative estimate of drug-likeness (QED) is 0.745. The average Bonchev–Trinajstić information content (AvgIpc) is 3.02. The second-order valence-electron chi connectivity index (χ2n) is 5.84. The largest absolute Gasteiger partial charge is 0.416 e. The van der Waals surface area contributed by atoms with E-state index in [0.29, 0.717) is 11.3 Å². The Bertz CT molecular complexity index is 888. The molecule has 1 N–H and O–H groups in total. The fourth-order valence-corrected chi connectivity index (χ4v) is 2.53. The van der Waals surface area contributed by atoms with Crippen LogP contribution in [0, 0.1) is 0 Å². The number of halogens is 3. The maximum atomic E-state index is 12.8. The zero-order valence-corrected chi connectivity index (χ0v) is 13.7. The third-order valence-corrected chi connectivity index (χ3v) is 3.72. The van der Waals surface area contributed by atoms with Crippen molar-refractivity contribution in [3.8, 4) is 0 Å². The van der Waals surface area contributed by atoms with E-state index in [0.717, 1.165) is 17.7 Å². The molecule has 0 unspecified atom stereocenters. The van der Waals surface area contributed by atoms with Crippen molar-refractivity contribution in [2.75, 3.05) is 5.32 Å². The fraction of sp³-hybridized carbons (Fsp3) is 0.158. The van der Waals surface area contributed by atoms with E-state index in [2.05, 4.69) is 10.4 Å². The Morgan fingerprint density at radius 3 is 2.50 bits per heavy atom. The molecule has 1 aromatic heterocycles. The molecule has 0 fully saturated rings. The van der Waals surface area contributed by atoms with E-state index < -0.39 is 11.7 Å². The van der Waals surface area contributed by atoms with E-state index >= 15 is 0 Å². The molecule has 2 aromatic carbocycles. The van der Waals surface area contributed by atoms with Crippen LogP contribution in [-0.4, -0.2) is 15.7 Å². The lowest BCUT2D eigenvalue weighted by Gasteiger charge is -2.08. The Labute approximate surface area is 148 Å². The van der Waals surface area contributed by atoms with Gasteiger partial charge in [-0.05, 0) is 23.3 Å². The first-order chi connectivity index (χ1) is 12.4. The molecule has 7 heteroatoms. The number of carbonyl (C=O) groups excluding carboxylic acids is 1. The van der Waals surface area contributed by atoms with Crippen molar-refractivity contribution >= 4 is 11.6 Å². The molecule has 0 aliphatic heterocycles. The van der Waals surface area contributed by atoms with Crippen molar-refractivity contribution in [3.63, 3.8) is 0 Å². The van der Waals surface area contributed by atoms with Crippen LogP contribution in [-0.2, 0) is 23.9 Å². The number of alkyl halides is 3. The predicted octanol–water partition coefficient (Wildman–Crippen LogP) is 4.13. The molecule has 4 nitrogen and oxygen atoms in total. The standard InChI is InChI=1S/C19H16F3N3O/c20-19(21,22)16-8-4-7-15(9-16)12-25-13-17(11-23-25)24-18(26)10-14-5-2-1-3-6-14/h1-9,11,13H,10,12H2,(H,24,26). The Morgan fingerprint density at radius 2 is 1.77 bits per heavy atom. The highest BCUT2D eigenvalue weighted by Crippen LogP contribution is 2.29. The van der Waals surface area contributed by atoms with Crippen LogP contribution in [0.4, 0.5) is 18.9 Å². The average molecular weight is 359 g/mol. The minimum absolute atomic E-state index is 0.179. The van der Waals surface area contributed by atoms with E-state index in [1.54, 1.807) is 12.3 Å². The lowest BCUT2D eigenvalue weighted by molar-refractivity contribution is -0.137. The van der Waals surface area contributed by atoms with E-state index in [1.165, 1.54) is 16.9 Å². The smallest absolute Gasteiger partial charge is 0.323 e. The molecular formula is C19H16F3N3O. The molecule has 0 atom stereocenters. The fourth-order valence-electron chi connectivity index (χ4n) is 2.53. The third-order valence-electron chi connectivity index (χ3n) is 3.72. The second kappa shape index (κ2) is 7.43. The third kappa shape index (κ3) is 4.72. The van der Waals surface area contributed by atoms with Gasteiger partial charge in [0, 0.05) is 6.20 Å². The molecule has 3 rings (SSSR count). The summed E-state index contributed by atoms with van der Waals surface area (Å²) in [5.41, 5.74) is 1.17. The van der Waals surface area contributed by atoms with Gasteiger partial charge in [0.15, 0.2) is 0 Å². The minimum atomic E-state index is -4.38. The lowest BCUT2D eigenvalue weighted by Crippen LogP contribution is -2.13. The van der Waals surface area contributed by atoms with Gasteiger partial charge in [-0.15, -0.1) is 0 Å². The molecule has 0 spiro atoms. The van der Waals surface area contributed by atoms with Crippen molar-refractivity contribution in [2.24, 2.45) is 0 Å². The first kappa shape index (κ1) is 17.7. The Hall–Kier alpha value is -3.09. The molecule has 1 heterocycles. The molecular weight excluding hydrogens is 343 g/mol. The SMILES string of the molecule is O=C(Cc1ccccc1)Nc1cnn(Cc2cccc(C(F)(F)F)c2)c1. The summed E-state index contributed by atoms with van der Waals surface area (Å²) in [5, 5.41) is 6.81. The topological polar surface area (TPSA) is 46.9 Å². The van der Waals surface area contributed by atoms with Crippen molar-refractivity contribution < 1.29 is 18.0 Å². The zero-order valence-electron chi connectivity index (χ0n) is 13.7. The maximum Gasteiger partial charge on any atom is 0.416 e. The van der Waals surface area contributed by atoms with Crippen LogP contribution >= 0.6 is 0 Å². The summed E-state index contributed by atoms with van der Waals surface area (Å²) in [4.78, 5) is 12.0. The summed E-state index contributed by atoms with van der Waals surface area (Å²) in [5.74, 6) is -0.185. The number of aromatic nitrogens is 2. The van der Waals surface area contributed by atoms with Gasteiger partial charge in [0.1, 0.15) is 0 Å². The van der Waals surface area contributed by atoms with E-state index in [9.17, 15) is 18.0 Å². The molecule has 0 saturated heterocycles. The predicted molar refractivity (Wildman–Crippen MR) is 91.5 cm³/mol. The molecule has 0 saturated carbocycles. The van der Waals surface area contributed by atoms with Crippen LogP contribution in [0.1, 0.15) is 16.7 Å². The Morgan fingerprint density at radius 1 is 1.04 bits per heavy atom. The Kier molecular flexibility index (Phi) is 5.06. The number of nitrogens with zero attached hydrogens (tertiary/aromatic N) is 2. The van der Waals surface area contributed by atoms with E-state index in [1.807, 2.05) is 30.3 Å². The maximum absolute atomic E-state index is 12.8. The first-order valence-corrected chi connectivity index (χ1v) is 7.92. The summed E-state index contributed by atoms with van der Waals surface area (Å²) in [6.07, 6.45) is -1.09. The monoisotopic (exact) mass is 359 g/mol. The van der Waals surface area contributed by atoms with Crippen LogP contribution in [0.2, 0.25) is 0 Å². The molecule has 0 aliphatic rings. The van der Waals surface area contributed by atoms with Crippen LogP contribution in [0.3, 0.4) is 0 Å². The zero-order chi connectivity index (χ0) is 18.6. The van der Waals surface area contributed by atoms with Crippen molar-refractivity contribution in [1.29, 1.82) is 0 Å². The van der Waals surface area contributed by atoms with Gasteiger partial charge in [-0.25, -0.2) is 0 Å². The van der Waals surface area contributed by atoms with Gasteiger partial charge in [0.2, 0.25) is 5.91 Å². The molecule has 26 heavy (non-hydrogen) atoms. The molecule has 0 radical (unpaired) electrons. The summed E-state index contributed by atoms with van der Waals surface area (Å²) >= 11 is 0. The summed E-state index contributed by atoms with van der Waals surface area (Å²) < 4.78 is 39.8. The number of amides is 1. The number of anilines is 1. The van der Waals surface area contributed by atoms with E-state index in [-0.39, 0.29) is 18.9 Å². The highest BCUT2D eigenvalue weighted by molar-refractivity contribution is 5.91. The molecule has 1 amide bonds. The van der Waals surface area contributed by atoms with Crippen LogP contribution in [0.25, 0.3) is 0 Å². The minimum Gasteiger partial charge on any atom is -0.323 e. The van der Waals surface area contributed by atoms with Gasteiger partial charge in [-0.3, -0.25) is 9.48 Å². The highest BCUT2D eigenvalue weighted by atomic mass is 19.4. The number of benzene rings is 2. The van der Waals surface area contributed by atoms with Crippen LogP contribution in [0.5, 0.6) is 0 Å². The van der Waals surface area contributed by atoms with Crippen LogP contribution < -0.4 is 5.32 Å². The van der Waals surface area contributed by atoms with Gasteiger partial charge < -0.3 is 5.32 Å². The lowest BCUT2D eigenvalue weighted by atomic mass is 10.1. The molecule has 3 aromatic rings. The molecule has 134 valence electrons. The summed E-state index contributed by atoms with van der Waals surface area (Å²) in [6, 6.07) is 14.4. The summed E-state index contributed by atoms with van der Waals surface area (Å²) in [6.45, 7) is 0.179. The van der Waals surface area contributed by atoms with Gasteiger partial charge in [0.05, 0.1) is 30.4 Å². The molecule has 0 aliphatic carbocycles. The van der Waals surface area contributed by atoms with Crippen molar-refractivity contribution in [3.05, 3.63) is 83.7 Å². The second-order valence-corrected chi connectivity index (χ2v) is 5.84. The van der Waals surface area contributed by atoms with Gasteiger partial charge in [-0.1, -0.05) is 42.5 Å². The van der Waals surface area contributed by atoms with Crippen molar-refractivity contribution in [1.82, 2.24) is 9.78 Å². The highest BCUT2D eigenvalue weighted by Gasteiger charge is 2.30. The van der Waals surface area contributed by atoms with Crippen molar-refractivity contribution in [2.45, 2.75) is 19.1 Å². The van der Waals surface area contributed by atoms with Gasteiger partial charge >= 0.3 is 6.18 Å². The first-order valence-electron chi connectivity index (χ1n) is 7.92.